The van der Waals surface area contributed by atoms with Crippen molar-refractivity contribution in [3.8, 4) is 0 Å². The van der Waals surface area contributed by atoms with E-state index in [9.17, 15) is 4.79 Å². The molecule has 0 bridgehead atoms. The molecule has 1 aromatic heterocycles. The van der Waals surface area contributed by atoms with E-state index in [1.165, 1.54) is 12.3 Å². The number of hydrogen-bond donors (Lipinski definition) is 2. The number of aliphatic carboxylic acids is 1. The van der Waals surface area contributed by atoms with Gasteiger partial charge in [0.05, 0.1) is 0 Å². The number of anilines is 1. The maximum atomic E-state index is 10.1. The van der Waals surface area contributed by atoms with Crippen LogP contribution in [0.25, 0.3) is 6.08 Å². The Hall–Kier alpha value is -1.55. The molecule has 3 N–H and O–H groups in total. The van der Waals surface area contributed by atoms with Crippen LogP contribution in [0.1, 0.15) is 5.56 Å². The Morgan fingerprint density at radius 3 is 2.69 bits per heavy atom. The van der Waals surface area contributed by atoms with E-state index in [1.807, 2.05) is 0 Å². The van der Waals surface area contributed by atoms with Crippen molar-refractivity contribution < 1.29 is 9.90 Å². The molecular formula is C8H9ClN2O2. The maximum Gasteiger partial charge on any atom is 0.328 e. The number of carboxylic acids is 1. The molecule has 70 valence electrons. The molecule has 0 radical (unpaired) electrons. The number of nitrogens with two attached hydrogens (primary N) is 1. The van der Waals surface area contributed by atoms with Crippen molar-refractivity contribution in [2.24, 2.45) is 0 Å². The average Bonchev–Trinajstić information content (AvgIpc) is 2.03. The number of halogens is 1. The topological polar surface area (TPSA) is 76.2 Å². The minimum absolute atomic E-state index is 0. The lowest BCUT2D eigenvalue weighted by atomic mass is 10.2. The summed E-state index contributed by atoms with van der Waals surface area (Å²) in [4.78, 5) is 13.9. The summed E-state index contributed by atoms with van der Waals surface area (Å²) in [5, 5.41) is 8.30. The molecule has 0 aliphatic heterocycles. The van der Waals surface area contributed by atoms with Gasteiger partial charge < -0.3 is 10.8 Å². The molecule has 1 rings (SSSR count). The first-order valence-electron chi connectivity index (χ1n) is 3.31. The predicted octanol–water partition coefficient (Wildman–Crippen LogP) is 1.18. The second-order valence-electron chi connectivity index (χ2n) is 2.19. The Kier molecular flexibility index (Phi) is 4.54. The molecule has 0 aromatic carbocycles. The highest BCUT2D eigenvalue weighted by atomic mass is 35.5. The van der Waals surface area contributed by atoms with Crippen LogP contribution in [0.5, 0.6) is 0 Å². The Bertz CT molecular complexity index is 308. The number of pyridine rings is 1. The molecule has 0 fully saturated rings. The van der Waals surface area contributed by atoms with Crippen molar-refractivity contribution in [3.63, 3.8) is 0 Å². The largest absolute Gasteiger partial charge is 0.478 e. The van der Waals surface area contributed by atoms with E-state index >= 15 is 0 Å². The zero-order valence-corrected chi connectivity index (χ0v) is 7.49. The van der Waals surface area contributed by atoms with E-state index in [2.05, 4.69) is 4.98 Å². The monoisotopic (exact) mass is 200 g/mol. The summed E-state index contributed by atoms with van der Waals surface area (Å²) in [6, 6.07) is 3.31. The lowest BCUT2D eigenvalue weighted by Gasteiger charge is -1.92. The first kappa shape index (κ1) is 11.4. The summed E-state index contributed by atoms with van der Waals surface area (Å²) in [7, 11) is 0. The Morgan fingerprint density at radius 1 is 1.54 bits per heavy atom. The van der Waals surface area contributed by atoms with Crippen molar-refractivity contribution in [2.45, 2.75) is 0 Å². The highest BCUT2D eigenvalue weighted by molar-refractivity contribution is 5.85. The van der Waals surface area contributed by atoms with Crippen molar-refractivity contribution in [1.82, 2.24) is 4.98 Å². The van der Waals surface area contributed by atoms with Gasteiger partial charge in [-0.05, 0) is 23.8 Å². The van der Waals surface area contributed by atoms with E-state index < -0.39 is 5.97 Å². The smallest absolute Gasteiger partial charge is 0.328 e. The Labute approximate surface area is 81.5 Å². The molecule has 13 heavy (non-hydrogen) atoms. The molecule has 0 aliphatic carbocycles. The quantitative estimate of drug-likeness (QED) is 0.703. The highest BCUT2D eigenvalue weighted by Gasteiger charge is 1.89. The summed E-state index contributed by atoms with van der Waals surface area (Å²) >= 11 is 0. The van der Waals surface area contributed by atoms with Gasteiger partial charge in [-0.2, -0.15) is 0 Å². The molecule has 0 aliphatic rings. The fraction of sp³-hybridized carbons (Fsp3) is 0. The molecule has 0 spiro atoms. The van der Waals surface area contributed by atoms with Gasteiger partial charge in [-0.25, -0.2) is 9.78 Å². The Balaban J connectivity index is 0.00000144. The first-order chi connectivity index (χ1) is 5.68. The second kappa shape index (κ2) is 5.16. The van der Waals surface area contributed by atoms with Crippen LogP contribution in [0.3, 0.4) is 0 Å². The standard InChI is InChI=1S/C8H8N2O2.ClH/c9-7-3-1-6(5-10-7)2-4-8(11)12;/h1-5H,(H2,9,10)(H,11,12);1H. The van der Waals surface area contributed by atoms with Crippen molar-refractivity contribution in [3.05, 3.63) is 30.0 Å². The van der Waals surface area contributed by atoms with Crippen LogP contribution in [0.4, 0.5) is 5.82 Å². The summed E-state index contributed by atoms with van der Waals surface area (Å²) in [6.45, 7) is 0. The van der Waals surface area contributed by atoms with Crippen LogP contribution in [-0.4, -0.2) is 16.1 Å². The third-order valence-electron chi connectivity index (χ3n) is 1.23. The van der Waals surface area contributed by atoms with E-state index in [0.717, 1.165) is 6.08 Å². The zero-order valence-electron chi connectivity index (χ0n) is 6.68. The lowest BCUT2D eigenvalue weighted by Crippen LogP contribution is -1.89. The van der Waals surface area contributed by atoms with Crippen molar-refractivity contribution in [1.29, 1.82) is 0 Å². The molecule has 5 heteroatoms. The molecule has 1 heterocycles. The summed E-state index contributed by atoms with van der Waals surface area (Å²) in [5.41, 5.74) is 6.05. The molecule has 4 nitrogen and oxygen atoms in total. The number of carboxylic acid groups (broad SMARTS) is 1. The highest BCUT2D eigenvalue weighted by Crippen LogP contribution is 2.02. The molecular weight excluding hydrogens is 192 g/mol. The number of nitrogens with zero attached hydrogens (tertiary/aromatic N) is 1. The number of carbonyl (C=O) groups is 1. The van der Waals surface area contributed by atoms with Crippen LogP contribution in [-0.2, 0) is 4.79 Å². The van der Waals surface area contributed by atoms with Gasteiger partial charge in [0.15, 0.2) is 0 Å². The molecule has 0 saturated carbocycles. The van der Waals surface area contributed by atoms with Gasteiger partial charge in [0.2, 0.25) is 0 Å². The average molecular weight is 201 g/mol. The van der Waals surface area contributed by atoms with Crippen molar-refractivity contribution >= 4 is 30.3 Å². The number of aromatic nitrogens is 1. The number of rotatable bonds is 2. The first-order valence-corrected chi connectivity index (χ1v) is 3.31. The van der Waals surface area contributed by atoms with Crippen LogP contribution in [0.2, 0.25) is 0 Å². The van der Waals surface area contributed by atoms with E-state index in [0.29, 0.717) is 11.4 Å². The zero-order chi connectivity index (χ0) is 8.97. The van der Waals surface area contributed by atoms with Crippen LogP contribution >= 0.6 is 12.4 Å². The van der Waals surface area contributed by atoms with Gasteiger partial charge in [-0.1, -0.05) is 0 Å². The predicted molar refractivity (Wildman–Crippen MR) is 52.6 cm³/mol. The summed E-state index contributed by atoms with van der Waals surface area (Å²) in [5.74, 6) is -0.561. The number of nitrogen functional groups attached to an aromatic ring is 1. The minimum Gasteiger partial charge on any atom is -0.478 e. The van der Waals surface area contributed by atoms with Gasteiger partial charge in [0.25, 0.3) is 0 Å². The summed E-state index contributed by atoms with van der Waals surface area (Å²) < 4.78 is 0. The third kappa shape index (κ3) is 4.12. The summed E-state index contributed by atoms with van der Waals surface area (Å²) in [6.07, 6.45) is 4.01. The fourth-order valence-electron chi connectivity index (χ4n) is 0.683. The van der Waals surface area contributed by atoms with Crippen LogP contribution < -0.4 is 5.73 Å². The van der Waals surface area contributed by atoms with E-state index in [4.69, 9.17) is 10.8 Å². The molecule has 0 atom stereocenters. The molecule has 0 unspecified atom stereocenters. The number of hydrogen-bond acceptors (Lipinski definition) is 3. The second-order valence-corrected chi connectivity index (χ2v) is 2.19. The maximum absolute atomic E-state index is 10.1. The SMILES string of the molecule is Cl.Nc1ccc(C=CC(=O)O)cn1. The van der Waals surface area contributed by atoms with Gasteiger partial charge in [-0.15, -0.1) is 12.4 Å². The van der Waals surface area contributed by atoms with Gasteiger partial charge >= 0.3 is 5.97 Å². The minimum atomic E-state index is -0.980. The van der Waals surface area contributed by atoms with Crippen molar-refractivity contribution in [2.75, 3.05) is 5.73 Å². The van der Waals surface area contributed by atoms with E-state index in [-0.39, 0.29) is 12.4 Å². The van der Waals surface area contributed by atoms with Gasteiger partial charge in [-0.3, -0.25) is 0 Å². The van der Waals surface area contributed by atoms with Gasteiger partial charge in [0.1, 0.15) is 5.82 Å². The van der Waals surface area contributed by atoms with Crippen LogP contribution in [0, 0.1) is 0 Å². The molecule has 0 amide bonds. The fourth-order valence-corrected chi connectivity index (χ4v) is 0.683. The molecule has 1 aromatic rings. The lowest BCUT2D eigenvalue weighted by molar-refractivity contribution is -0.131. The Morgan fingerprint density at radius 2 is 2.23 bits per heavy atom. The third-order valence-corrected chi connectivity index (χ3v) is 1.23. The van der Waals surface area contributed by atoms with Gasteiger partial charge in [0, 0.05) is 12.3 Å². The molecule has 0 saturated heterocycles. The normalized spacial score (nSPS) is 9.54. The van der Waals surface area contributed by atoms with E-state index in [1.54, 1.807) is 12.1 Å². The van der Waals surface area contributed by atoms with Crippen LogP contribution in [0.15, 0.2) is 24.4 Å².